The number of carbonyl (C=O) groups excluding carboxylic acids is 3. The van der Waals surface area contributed by atoms with Crippen molar-refractivity contribution in [2.45, 2.75) is 44.8 Å². The molecule has 1 saturated heterocycles. The van der Waals surface area contributed by atoms with Crippen molar-refractivity contribution in [2.75, 3.05) is 23.8 Å². The number of amides is 3. The van der Waals surface area contributed by atoms with Gasteiger partial charge in [0, 0.05) is 18.8 Å². The molecule has 1 fully saturated rings. The van der Waals surface area contributed by atoms with Crippen LogP contribution in [0.5, 0.6) is 0 Å². The Balaban J connectivity index is 1.81. The minimum atomic E-state index is -1.19. The number of rotatable bonds is 9. The highest BCUT2D eigenvalue weighted by Gasteiger charge is 2.36. The average Bonchev–Trinajstić information content (AvgIpc) is 3.56. The maximum absolute atomic E-state index is 14.1. The number of nitrogens with zero attached hydrogens (tertiary/aromatic N) is 2. The summed E-state index contributed by atoms with van der Waals surface area (Å²) < 4.78 is 23.4. The Kier molecular flexibility index (Phi) is 8.38. The van der Waals surface area contributed by atoms with E-state index in [1.165, 1.54) is 29.2 Å². The Hall–Kier alpha value is -3.83. The highest BCUT2D eigenvalue weighted by molar-refractivity contribution is 7.09. The number of aromatic nitrogens is 1. The summed E-state index contributed by atoms with van der Waals surface area (Å²) in [5, 5.41) is 2.89. The molecule has 0 unspecified atom stereocenters. The number of carbonyl (C=O) groups is 3. The third-order valence-electron chi connectivity index (χ3n) is 6.43. The van der Waals surface area contributed by atoms with Crippen LogP contribution in [0.4, 0.5) is 15.8 Å². The molecule has 0 aliphatic carbocycles. The van der Waals surface area contributed by atoms with Crippen LogP contribution < -0.4 is 21.7 Å². The van der Waals surface area contributed by atoms with Gasteiger partial charge in [0.1, 0.15) is 16.7 Å². The van der Waals surface area contributed by atoms with E-state index in [1.54, 1.807) is 12.1 Å². The predicted octanol–water partition coefficient (Wildman–Crippen LogP) is 3.77. The second-order valence-corrected chi connectivity index (χ2v) is 10.2. The number of nitrogen functional groups attached to an aromatic ring is 1. The summed E-state index contributed by atoms with van der Waals surface area (Å²) in [6.45, 7) is 4.98. The number of nitrogens with one attached hydrogen (secondary N) is 1. The number of anilines is 2. The van der Waals surface area contributed by atoms with Crippen molar-refractivity contribution in [3.05, 3.63) is 76.0 Å². The second-order valence-electron chi connectivity index (χ2n) is 9.39. The molecule has 0 bridgehead atoms. The molecule has 5 N–H and O–H groups in total. The zero-order valence-electron chi connectivity index (χ0n) is 21.1. The van der Waals surface area contributed by atoms with Gasteiger partial charge in [-0.3, -0.25) is 19.3 Å². The molecule has 38 heavy (non-hydrogen) atoms. The average molecular weight is 540 g/mol. The van der Waals surface area contributed by atoms with Gasteiger partial charge in [0.2, 0.25) is 5.91 Å². The molecule has 3 amide bonds. The lowest BCUT2D eigenvalue weighted by molar-refractivity contribution is -0.123. The van der Waals surface area contributed by atoms with Gasteiger partial charge in [-0.05, 0) is 65.7 Å². The Bertz CT molecular complexity index is 1300. The van der Waals surface area contributed by atoms with Gasteiger partial charge in [-0.15, -0.1) is 0 Å². The van der Waals surface area contributed by atoms with E-state index in [2.05, 4.69) is 9.69 Å². The van der Waals surface area contributed by atoms with Crippen molar-refractivity contribution in [2.24, 2.45) is 5.73 Å². The zero-order valence-corrected chi connectivity index (χ0v) is 22.0. The third-order valence-corrected chi connectivity index (χ3v) is 7.28. The van der Waals surface area contributed by atoms with E-state index in [-0.39, 0.29) is 34.8 Å². The lowest BCUT2D eigenvalue weighted by atomic mass is 10.00. The summed E-state index contributed by atoms with van der Waals surface area (Å²) in [6, 6.07) is 11.4. The van der Waals surface area contributed by atoms with Crippen LogP contribution >= 0.6 is 11.5 Å². The number of halogens is 1. The van der Waals surface area contributed by atoms with E-state index in [9.17, 15) is 18.8 Å². The zero-order chi connectivity index (χ0) is 27.4. The summed E-state index contributed by atoms with van der Waals surface area (Å²) in [7, 11) is 0. The largest absolute Gasteiger partial charge is 0.395 e. The molecular formula is C27H30FN5O4S. The normalized spacial score (nSPS) is 15.8. The van der Waals surface area contributed by atoms with Crippen LogP contribution in [0.15, 0.2) is 48.5 Å². The van der Waals surface area contributed by atoms with Crippen LogP contribution in [0.25, 0.3) is 0 Å². The lowest BCUT2D eigenvalue weighted by Gasteiger charge is -2.32. The summed E-state index contributed by atoms with van der Waals surface area (Å²) in [6.07, 6.45) is 1.59. The first kappa shape index (κ1) is 27.2. The monoisotopic (exact) mass is 539 g/mol. The van der Waals surface area contributed by atoms with Gasteiger partial charge < -0.3 is 21.5 Å². The van der Waals surface area contributed by atoms with E-state index >= 15 is 0 Å². The van der Waals surface area contributed by atoms with E-state index in [4.69, 9.17) is 16.2 Å². The first-order valence-corrected chi connectivity index (χ1v) is 13.1. The molecule has 4 rings (SSSR count). The first-order valence-electron chi connectivity index (χ1n) is 12.3. The molecule has 200 valence electrons. The summed E-state index contributed by atoms with van der Waals surface area (Å²) in [5.41, 5.74) is 12.9. The van der Waals surface area contributed by atoms with Crippen molar-refractivity contribution in [3.63, 3.8) is 0 Å². The molecule has 11 heteroatoms. The number of primary amides is 1. The maximum atomic E-state index is 14.1. The summed E-state index contributed by atoms with van der Waals surface area (Å²) in [4.78, 5) is 40.8. The van der Waals surface area contributed by atoms with Crippen LogP contribution in [0, 0.1) is 5.82 Å². The van der Waals surface area contributed by atoms with Gasteiger partial charge in [0.25, 0.3) is 11.8 Å². The van der Waals surface area contributed by atoms with Gasteiger partial charge in [-0.1, -0.05) is 38.1 Å². The molecule has 3 aromatic rings. The number of hydrogen-bond acceptors (Lipinski definition) is 7. The topological polar surface area (TPSA) is 141 Å². The maximum Gasteiger partial charge on any atom is 0.273 e. The molecule has 0 saturated carbocycles. The Morgan fingerprint density at radius 2 is 1.79 bits per heavy atom. The van der Waals surface area contributed by atoms with E-state index < -0.39 is 29.6 Å². The quantitative estimate of drug-likeness (QED) is 0.378. The van der Waals surface area contributed by atoms with Gasteiger partial charge >= 0.3 is 0 Å². The van der Waals surface area contributed by atoms with Gasteiger partial charge in [0.15, 0.2) is 5.69 Å². The lowest BCUT2D eigenvalue weighted by Crippen LogP contribution is -2.45. The minimum absolute atomic E-state index is 0.0363. The van der Waals surface area contributed by atoms with Crippen molar-refractivity contribution >= 4 is 40.6 Å². The number of benzene rings is 2. The minimum Gasteiger partial charge on any atom is -0.395 e. The van der Waals surface area contributed by atoms with Gasteiger partial charge in [0.05, 0.1) is 11.8 Å². The molecule has 1 aliphatic rings. The molecule has 2 aromatic carbocycles. The van der Waals surface area contributed by atoms with Crippen LogP contribution in [0.2, 0.25) is 0 Å². The van der Waals surface area contributed by atoms with Crippen molar-refractivity contribution in [3.8, 4) is 0 Å². The molecule has 9 nitrogen and oxygen atoms in total. The third kappa shape index (κ3) is 5.84. The smallest absolute Gasteiger partial charge is 0.273 e. The molecule has 2 atom stereocenters. The summed E-state index contributed by atoms with van der Waals surface area (Å²) in [5.74, 6) is -2.23. The van der Waals surface area contributed by atoms with Crippen LogP contribution in [-0.4, -0.2) is 41.4 Å². The van der Waals surface area contributed by atoms with Crippen LogP contribution in [0.3, 0.4) is 0 Å². The fourth-order valence-electron chi connectivity index (χ4n) is 4.32. The summed E-state index contributed by atoms with van der Waals surface area (Å²) >= 11 is 0.725. The first-order chi connectivity index (χ1) is 18.2. The molecular weight excluding hydrogens is 509 g/mol. The Labute approximate surface area is 224 Å². The van der Waals surface area contributed by atoms with Crippen LogP contribution in [-0.2, 0) is 9.53 Å². The highest BCUT2D eigenvalue weighted by atomic mass is 32.1. The van der Waals surface area contributed by atoms with Crippen LogP contribution in [0.1, 0.15) is 69.9 Å². The van der Waals surface area contributed by atoms with Crippen molar-refractivity contribution < 1.29 is 23.5 Å². The van der Waals surface area contributed by atoms with Crippen molar-refractivity contribution in [1.29, 1.82) is 0 Å². The van der Waals surface area contributed by atoms with Gasteiger partial charge in [-0.2, -0.15) is 4.37 Å². The SMILES string of the molecule is CC(C)c1ccc(N(C(=O)c2snc(C(N)=O)c2N)[C@H](C(=O)NC[C@H]2CCCO2)c2ccc(F)cc2)cc1. The second kappa shape index (κ2) is 11.7. The predicted molar refractivity (Wildman–Crippen MR) is 144 cm³/mol. The molecule has 0 spiro atoms. The number of ether oxygens (including phenoxy) is 1. The molecule has 1 aromatic heterocycles. The fraction of sp³-hybridized carbons (Fsp3) is 0.333. The molecule has 1 aliphatic heterocycles. The molecule has 2 heterocycles. The Morgan fingerprint density at radius 1 is 1.13 bits per heavy atom. The standard InChI is InChI=1S/C27H30FN5O4S/c1-15(2)16-7-11-19(12-8-16)33(27(36)24-21(29)22(25(30)34)32-38-24)23(17-5-9-18(28)10-6-17)26(35)31-14-20-4-3-13-37-20/h5-12,15,20,23H,3-4,13-14,29H2,1-2H3,(H2,30,34)(H,31,35)/t20-,23+/m1/s1. The Morgan fingerprint density at radius 3 is 2.34 bits per heavy atom. The van der Waals surface area contributed by atoms with Gasteiger partial charge in [-0.25, -0.2) is 4.39 Å². The number of nitrogens with two attached hydrogens (primary N) is 2. The van der Waals surface area contributed by atoms with E-state index in [1.807, 2.05) is 26.0 Å². The molecule has 0 radical (unpaired) electrons. The number of hydrogen-bond donors (Lipinski definition) is 3. The van der Waals surface area contributed by atoms with Crippen molar-refractivity contribution in [1.82, 2.24) is 9.69 Å². The fourth-order valence-corrected chi connectivity index (χ4v) is 5.06. The van der Waals surface area contributed by atoms with E-state index in [0.717, 1.165) is 29.9 Å². The van der Waals surface area contributed by atoms with E-state index in [0.29, 0.717) is 17.9 Å². The highest BCUT2D eigenvalue weighted by Crippen LogP contribution is 2.34.